The van der Waals surface area contributed by atoms with Gasteiger partial charge in [0.05, 0.1) is 31.3 Å². The number of esters is 1. The first-order chi connectivity index (χ1) is 10.2. The van der Waals surface area contributed by atoms with Crippen LogP contribution in [0.15, 0.2) is 24.3 Å². The molecule has 1 fully saturated rings. The van der Waals surface area contributed by atoms with Gasteiger partial charge < -0.3 is 14.2 Å². The summed E-state index contributed by atoms with van der Waals surface area (Å²) in [5.41, 5.74) is 0. The lowest BCUT2D eigenvalue weighted by atomic mass is 10.2. The first-order valence-electron chi connectivity index (χ1n) is 6.97. The Balaban J connectivity index is 1.73. The van der Waals surface area contributed by atoms with E-state index in [4.69, 9.17) is 21.1 Å². The lowest BCUT2D eigenvalue weighted by molar-refractivity contribution is -0.145. The number of benzene rings is 1. The lowest BCUT2D eigenvalue weighted by Gasteiger charge is -2.32. The molecule has 0 N–H and O–H groups in total. The second kappa shape index (κ2) is 8.22. The van der Waals surface area contributed by atoms with Crippen LogP contribution in [0.2, 0.25) is 5.02 Å². The minimum Gasteiger partial charge on any atom is -0.491 e. The molecule has 0 saturated carbocycles. The van der Waals surface area contributed by atoms with Crippen LogP contribution < -0.4 is 4.74 Å². The maximum absolute atomic E-state index is 11.3. The van der Waals surface area contributed by atoms with Crippen LogP contribution in [0.1, 0.15) is 6.42 Å². The Hall–Kier alpha value is -1.30. The summed E-state index contributed by atoms with van der Waals surface area (Å²) >= 11 is 6.03. The highest BCUT2D eigenvalue weighted by Gasteiger charge is 2.23. The molecular formula is C15H20ClNO4. The van der Waals surface area contributed by atoms with E-state index in [9.17, 15) is 4.79 Å². The standard InChI is InChI=1S/C15H20ClNO4/c1-19-15(18)10-12-11-17(6-8-20-12)7-9-21-14-5-3-2-4-13(14)16/h2-5,12H,6-11H2,1H3. The number of morpholine rings is 1. The predicted octanol–water partition coefficient (Wildman–Crippen LogP) is 1.98. The monoisotopic (exact) mass is 313 g/mol. The first-order valence-corrected chi connectivity index (χ1v) is 7.35. The van der Waals surface area contributed by atoms with Crippen molar-refractivity contribution in [2.75, 3.05) is 40.0 Å². The second-order valence-electron chi connectivity index (χ2n) is 4.85. The highest BCUT2D eigenvalue weighted by molar-refractivity contribution is 6.32. The van der Waals surface area contributed by atoms with Crippen molar-refractivity contribution in [2.24, 2.45) is 0 Å². The van der Waals surface area contributed by atoms with Crippen LogP contribution in [-0.4, -0.2) is 56.9 Å². The minimum absolute atomic E-state index is 0.105. The number of carbonyl (C=O) groups excluding carboxylic acids is 1. The zero-order valence-electron chi connectivity index (χ0n) is 12.1. The zero-order valence-corrected chi connectivity index (χ0v) is 12.8. The summed E-state index contributed by atoms with van der Waals surface area (Å²) in [4.78, 5) is 13.5. The molecule has 1 atom stereocenters. The average Bonchev–Trinajstić information content (AvgIpc) is 2.49. The molecule has 1 aromatic carbocycles. The molecule has 0 aliphatic carbocycles. The van der Waals surface area contributed by atoms with Gasteiger partial charge in [-0.15, -0.1) is 0 Å². The van der Waals surface area contributed by atoms with Gasteiger partial charge in [-0.2, -0.15) is 0 Å². The quantitative estimate of drug-likeness (QED) is 0.752. The Bertz CT molecular complexity index is 469. The van der Waals surface area contributed by atoms with E-state index >= 15 is 0 Å². The number of halogens is 1. The Morgan fingerprint density at radius 1 is 1.48 bits per heavy atom. The number of carbonyl (C=O) groups is 1. The zero-order chi connectivity index (χ0) is 15.1. The molecule has 1 aromatic rings. The van der Waals surface area contributed by atoms with Crippen molar-refractivity contribution in [3.63, 3.8) is 0 Å². The molecule has 1 aliphatic rings. The van der Waals surface area contributed by atoms with Crippen molar-refractivity contribution in [2.45, 2.75) is 12.5 Å². The lowest BCUT2D eigenvalue weighted by Crippen LogP contribution is -2.44. The maximum Gasteiger partial charge on any atom is 0.308 e. The molecule has 6 heteroatoms. The van der Waals surface area contributed by atoms with Gasteiger partial charge in [0.2, 0.25) is 0 Å². The van der Waals surface area contributed by atoms with Gasteiger partial charge in [0.15, 0.2) is 0 Å². The summed E-state index contributed by atoms with van der Waals surface area (Å²) < 4.78 is 15.9. The summed E-state index contributed by atoms with van der Waals surface area (Å²) in [6.45, 7) is 3.49. The molecule has 0 amide bonds. The van der Waals surface area contributed by atoms with Gasteiger partial charge in [0.1, 0.15) is 12.4 Å². The Labute approximate surface area is 129 Å². The Morgan fingerprint density at radius 2 is 2.29 bits per heavy atom. The Kier molecular flexibility index (Phi) is 6.29. The molecule has 116 valence electrons. The van der Waals surface area contributed by atoms with E-state index in [0.717, 1.165) is 13.1 Å². The van der Waals surface area contributed by atoms with E-state index in [0.29, 0.717) is 37.0 Å². The van der Waals surface area contributed by atoms with Crippen molar-refractivity contribution < 1.29 is 19.0 Å². The third-order valence-electron chi connectivity index (χ3n) is 3.35. The molecule has 0 spiro atoms. The summed E-state index contributed by atoms with van der Waals surface area (Å²) in [6.07, 6.45) is 0.185. The van der Waals surface area contributed by atoms with Crippen LogP contribution in [0.5, 0.6) is 5.75 Å². The van der Waals surface area contributed by atoms with Gasteiger partial charge in [-0.1, -0.05) is 23.7 Å². The summed E-state index contributed by atoms with van der Waals surface area (Å²) in [5, 5.41) is 0.614. The van der Waals surface area contributed by atoms with E-state index in [-0.39, 0.29) is 12.1 Å². The maximum atomic E-state index is 11.3. The number of para-hydroxylation sites is 1. The predicted molar refractivity (Wildman–Crippen MR) is 79.8 cm³/mol. The van der Waals surface area contributed by atoms with E-state index in [1.807, 2.05) is 18.2 Å². The van der Waals surface area contributed by atoms with Crippen molar-refractivity contribution in [1.82, 2.24) is 4.90 Å². The van der Waals surface area contributed by atoms with Gasteiger partial charge >= 0.3 is 5.97 Å². The van der Waals surface area contributed by atoms with E-state index in [1.54, 1.807) is 6.07 Å². The largest absolute Gasteiger partial charge is 0.491 e. The second-order valence-corrected chi connectivity index (χ2v) is 5.26. The highest BCUT2D eigenvalue weighted by atomic mass is 35.5. The molecule has 1 saturated heterocycles. The van der Waals surface area contributed by atoms with Gasteiger partial charge in [0.25, 0.3) is 0 Å². The fourth-order valence-electron chi connectivity index (χ4n) is 2.22. The molecule has 0 aromatic heterocycles. The first kappa shape index (κ1) is 16.1. The average molecular weight is 314 g/mol. The molecule has 0 bridgehead atoms. The minimum atomic E-state index is -0.242. The number of hydrogen-bond donors (Lipinski definition) is 0. The Morgan fingerprint density at radius 3 is 3.05 bits per heavy atom. The molecule has 5 nitrogen and oxygen atoms in total. The van der Waals surface area contributed by atoms with Crippen molar-refractivity contribution in [1.29, 1.82) is 0 Å². The van der Waals surface area contributed by atoms with E-state index in [1.165, 1.54) is 7.11 Å². The van der Waals surface area contributed by atoms with Crippen LogP contribution in [0.4, 0.5) is 0 Å². The van der Waals surface area contributed by atoms with Gasteiger partial charge in [-0.05, 0) is 12.1 Å². The third kappa shape index (κ3) is 5.19. The number of methoxy groups -OCH3 is 1. The number of ether oxygens (including phenoxy) is 3. The van der Waals surface area contributed by atoms with Gasteiger partial charge in [0, 0.05) is 19.6 Å². The van der Waals surface area contributed by atoms with Crippen LogP contribution in [0.3, 0.4) is 0 Å². The van der Waals surface area contributed by atoms with Crippen LogP contribution in [0.25, 0.3) is 0 Å². The smallest absolute Gasteiger partial charge is 0.308 e. The fraction of sp³-hybridized carbons (Fsp3) is 0.533. The topological polar surface area (TPSA) is 48.0 Å². The van der Waals surface area contributed by atoms with Crippen molar-refractivity contribution in [3.05, 3.63) is 29.3 Å². The molecular weight excluding hydrogens is 294 g/mol. The molecule has 1 heterocycles. The van der Waals surface area contributed by atoms with Crippen LogP contribution in [0, 0.1) is 0 Å². The summed E-state index contributed by atoms with van der Waals surface area (Å²) in [5.74, 6) is 0.452. The van der Waals surface area contributed by atoms with Gasteiger partial charge in [-0.25, -0.2) is 0 Å². The highest BCUT2D eigenvalue weighted by Crippen LogP contribution is 2.23. The van der Waals surface area contributed by atoms with Crippen molar-refractivity contribution >= 4 is 17.6 Å². The molecule has 21 heavy (non-hydrogen) atoms. The fourth-order valence-corrected chi connectivity index (χ4v) is 2.41. The summed E-state index contributed by atoms with van der Waals surface area (Å²) in [6, 6.07) is 7.41. The normalized spacial score (nSPS) is 19.2. The number of hydrogen-bond acceptors (Lipinski definition) is 5. The SMILES string of the molecule is COC(=O)CC1CN(CCOc2ccccc2Cl)CCO1. The summed E-state index contributed by atoms with van der Waals surface area (Å²) in [7, 11) is 1.39. The number of rotatable bonds is 6. The molecule has 0 radical (unpaired) electrons. The van der Waals surface area contributed by atoms with Gasteiger partial charge in [-0.3, -0.25) is 9.69 Å². The molecule has 2 rings (SSSR count). The van der Waals surface area contributed by atoms with Crippen LogP contribution >= 0.6 is 11.6 Å². The third-order valence-corrected chi connectivity index (χ3v) is 3.66. The van der Waals surface area contributed by atoms with E-state index < -0.39 is 0 Å². The van der Waals surface area contributed by atoms with Crippen LogP contribution in [-0.2, 0) is 14.3 Å². The molecule has 1 aliphatic heterocycles. The molecule has 1 unspecified atom stereocenters. The van der Waals surface area contributed by atoms with E-state index in [2.05, 4.69) is 9.64 Å². The number of nitrogens with zero attached hydrogens (tertiary/aromatic N) is 1. The van der Waals surface area contributed by atoms with Crippen molar-refractivity contribution in [3.8, 4) is 5.75 Å².